The molecular weight excluding hydrogens is 276 g/mol. The van der Waals surface area contributed by atoms with Crippen LogP contribution in [0.5, 0.6) is 5.75 Å². The second kappa shape index (κ2) is 6.95. The minimum Gasteiger partial charge on any atom is -0.480 e. The molecule has 3 N–H and O–H groups in total. The maximum absolute atomic E-state index is 12.2. The van der Waals surface area contributed by atoms with Gasteiger partial charge in [0.05, 0.1) is 0 Å². The maximum atomic E-state index is 12.2. The van der Waals surface area contributed by atoms with Gasteiger partial charge in [-0.05, 0) is 30.2 Å². The van der Waals surface area contributed by atoms with E-state index in [2.05, 4.69) is 12.2 Å². The Labute approximate surface area is 124 Å². The van der Waals surface area contributed by atoms with E-state index >= 15 is 0 Å². The molecule has 1 heterocycles. The lowest BCUT2D eigenvalue weighted by Gasteiger charge is -2.19. The van der Waals surface area contributed by atoms with E-state index in [1.54, 1.807) is 6.07 Å². The van der Waals surface area contributed by atoms with Crippen LogP contribution >= 0.6 is 11.6 Å². The number of nitrogens with two attached hydrogens (primary N) is 1. The number of fused-ring (bicyclic) bond motifs is 1. The van der Waals surface area contributed by atoms with Crippen molar-refractivity contribution in [3.05, 3.63) is 28.8 Å². The molecule has 2 rings (SSSR count). The van der Waals surface area contributed by atoms with Crippen molar-refractivity contribution in [3.63, 3.8) is 0 Å². The molecule has 0 spiro atoms. The minimum absolute atomic E-state index is 0.0263. The molecule has 0 bridgehead atoms. The van der Waals surface area contributed by atoms with Gasteiger partial charge in [-0.2, -0.15) is 0 Å². The van der Waals surface area contributed by atoms with Crippen LogP contribution in [0, 0.1) is 0 Å². The molecule has 5 heteroatoms. The highest BCUT2D eigenvalue weighted by Gasteiger charge is 2.30. The summed E-state index contributed by atoms with van der Waals surface area (Å²) in [5.41, 5.74) is 6.67. The number of hydrogen-bond donors (Lipinski definition) is 2. The number of carbonyl (C=O) groups excluding carboxylic acids is 1. The number of hydrogen-bond acceptors (Lipinski definition) is 3. The fourth-order valence-corrected chi connectivity index (χ4v) is 2.55. The first-order valence-electron chi connectivity index (χ1n) is 7.09. The molecule has 2 atom stereocenters. The van der Waals surface area contributed by atoms with E-state index in [0.29, 0.717) is 18.0 Å². The van der Waals surface area contributed by atoms with Gasteiger partial charge < -0.3 is 15.8 Å². The van der Waals surface area contributed by atoms with Crippen LogP contribution in [-0.2, 0) is 11.2 Å². The Morgan fingerprint density at radius 2 is 2.40 bits per heavy atom. The van der Waals surface area contributed by atoms with Gasteiger partial charge in [0.2, 0.25) is 0 Å². The van der Waals surface area contributed by atoms with Gasteiger partial charge >= 0.3 is 0 Å². The molecule has 0 aromatic heterocycles. The quantitative estimate of drug-likeness (QED) is 0.846. The smallest absolute Gasteiger partial charge is 0.261 e. The highest BCUT2D eigenvalue weighted by Crippen LogP contribution is 2.31. The van der Waals surface area contributed by atoms with Gasteiger partial charge in [0, 0.05) is 24.0 Å². The zero-order chi connectivity index (χ0) is 14.5. The summed E-state index contributed by atoms with van der Waals surface area (Å²) in [7, 11) is 0. The third-order valence-electron chi connectivity index (χ3n) is 3.53. The lowest BCUT2D eigenvalue weighted by atomic mass is 10.1. The molecule has 0 radical (unpaired) electrons. The first kappa shape index (κ1) is 15.1. The largest absolute Gasteiger partial charge is 0.480 e. The first-order chi connectivity index (χ1) is 9.63. The summed E-state index contributed by atoms with van der Waals surface area (Å²) in [5, 5.41) is 3.63. The van der Waals surface area contributed by atoms with E-state index in [-0.39, 0.29) is 11.9 Å². The van der Waals surface area contributed by atoms with Crippen molar-refractivity contribution in [3.8, 4) is 5.75 Å². The molecule has 1 aliphatic heterocycles. The van der Waals surface area contributed by atoms with Crippen LogP contribution in [0.2, 0.25) is 5.02 Å². The number of amides is 1. The second-order valence-electron chi connectivity index (χ2n) is 5.15. The highest BCUT2D eigenvalue weighted by molar-refractivity contribution is 6.30. The van der Waals surface area contributed by atoms with Crippen molar-refractivity contribution >= 4 is 17.5 Å². The predicted octanol–water partition coefficient (Wildman–Crippen LogP) is 2.28. The molecule has 0 saturated carbocycles. The lowest BCUT2D eigenvalue weighted by molar-refractivity contribution is -0.127. The maximum Gasteiger partial charge on any atom is 0.261 e. The number of nitrogens with one attached hydrogen (secondary N) is 1. The Balaban J connectivity index is 1.92. The number of halogens is 1. The molecule has 1 aliphatic rings. The van der Waals surface area contributed by atoms with Crippen molar-refractivity contribution in [2.45, 2.75) is 44.8 Å². The second-order valence-corrected chi connectivity index (χ2v) is 5.58. The topological polar surface area (TPSA) is 64.3 Å². The Hall–Kier alpha value is -1.26. The summed E-state index contributed by atoms with van der Waals surface area (Å²) < 4.78 is 5.66. The Morgan fingerprint density at radius 3 is 3.10 bits per heavy atom. The molecule has 4 nitrogen and oxygen atoms in total. The molecular formula is C15H21ClN2O2. The van der Waals surface area contributed by atoms with Crippen molar-refractivity contribution in [1.82, 2.24) is 5.32 Å². The Kier molecular flexibility index (Phi) is 5.26. The van der Waals surface area contributed by atoms with Gasteiger partial charge in [-0.1, -0.05) is 31.4 Å². The SMILES string of the molecule is CCCCC(CN)NC(=O)C1Cc2cc(Cl)ccc2O1. The van der Waals surface area contributed by atoms with Crippen LogP contribution in [0.25, 0.3) is 0 Å². The van der Waals surface area contributed by atoms with Crippen LogP contribution in [0.3, 0.4) is 0 Å². The van der Waals surface area contributed by atoms with Crippen molar-refractivity contribution < 1.29 is 9.53 Å². The summed E-state index contributed by atoms with van der Waals surface area (Å²) in [6.07, 6.45) is 3.15. The molecule has 2 unspecified atom stereocenters. The van der Waals surface area contributed by atoms with Crippen LogP contribution in [-0.4, -0.2) is 24.6 Å². The minimum atomic E-state index is -0.473. The summed E-state index contributed by atoms with van der Waals surface area (Å²) >= 11 is 5.94. The molecule has 20 heavy (non-hydrogen) atoms. The average Bonchev–Trinajstić information content (AvgIpc) is 2.86. The van der Waals surface area contributed by atoms with Gasteiger partial charge in [-0.15, -0.1) is 0 Å². The van der Waals surface area contributed by atoms with Gasteiger partial charge in [0.1, 0.15) is 5.75 Å². The summed E-state index contributed by atoms with van der Waals surface area (Å²) in [6.45, 7) is 2.58. The lowest BCUT2D eigenvalue weighted by Crippen LogP contribution is -2.46. The van der Waals surface area contributed by atoms with Crippen molar-refractivity contribution in [1.29, 1.82) is 0 Å². The van der Waals surface area contributed by atoms with Gasteiger partial charge in [-0.3, -0.25) is 4.79 Å². The van der Waals surface area contributed by atoms with Crippen LogP contribution in [0.4, 0.5) is 0 Å². The number of benzene rings is 1. The fraction of sp³-hybridized carbons (Fsp3) is 0.533. The van der Waals surface area contributed by atoms with Crippen LogP contribution in [0.1, 0.15) is 31.7 Å². The van der Waals surface area contributed by atoms with E-state index in [1.165, 1.54) is 0 Å². The zero-order valence-corrected chi connectivity index (χ0v) is 12.5. The standard InChI is InChI=1S/C15H21ClN2O2/c1-2-3-4-12(9-17)18-15(19)14-8-10-7-11(16)5-6-13(10)20-14/h5-7,12,14H,2-4,8-9,17H2,1H3,(H,18,19). The van der Waals surface area contributed by atoms with E-state index in [0.717, 1.165) is 30.6 Å². The number of ether oxygens (including phenoxy) is 1. The molecule has 0 aliphatic carbocycles. The molecule has 0 fully saturated rings. The van der Waals surface area contributed by atoms with Gasteiger partial charge in [-0.25, -0.2) is 0 Å². The summed E-state index contributed by atoms with van der Waals surface area (Å²) in [5.74, 6) is 0.649. The van der Waals surface area contributed by atoms with Gasteiger partial charge in [0.15, 0.2) is 6.10 Å². The summed E-state index contributed by atoms with van der Waals surface area (Å²) in [6, 6.07) is 5.45. The average molecular weight is 297 g/mol. The third-order valence-corrected chi connectivity index (χ3v) is 3.76. The normalized spacial score (nSPS) is 18.2. The molecule has 1 aromatic carbocycles. The van der Waals surface area contributed by atoms with Crippen LogP contribution < -0.4 is 15.8 Å². The van der Waals surface area contributed by atoms with Crippen molar-refractivity contribution in [2.24, 2.45) is 5.73 Å². The number of rotatable bonds is 6. The van der Waals surface area contributed by atoms with E-state index in [9.17, 15) is 4.79 Å². The molecule has 0 saturated heterocycles. The van der Waals surface area contributed by atoms with Gasteiger partial charge in [0.25, 0.3) is 5.91 Å². The highest BCUT2D eigenvalue weighted by atomic mass is 35.5. The van der Waals surface area contributed by atoms with E-state index in [1.807, 2.05) is 12.1 Å². The number of carbonyl (C=O) groups is 1. The monoisotopic (exact) mass is 296 g/mol. The fourth-order valence-electron chi connectivity index (χ4n) is 2.36. The first-order valence-corrected chi connectivity index (χ1v) is 7.47. The Bertz CT molecular complexity index is 479. The predicted molar refractivity (Wildman–Crippen MR) is 80.1 cm³/mol. The summed E-state index contributed by atoms with van der Waals surface area (Å²) in [4.78, 5) is 12.2. The van der Waals surface area contributed by atoms with Crippen LogP contribution in [0.15, 0.2) is 18.2 Å². The van der Waals surface area contributed by atoms with E-state index in [4.69, 9.17) is 22.1 Å². The Morgan fingerprint density at radius 1 is 1.60 bits per heavy atom. The third kappa shape index (κ3) is 3.64. The molecule has 1 aromatic rings. The molecule has 110 valence electrons. The molecule has 1 amide bonds. The van der Waals surface area contributed by atoms with E-state index < -0.39 is 6.10 Å². The van der Waals surface area contributed by atoms with Crippen molar-refractivity contribution in [2.75, 3.05) is 6.54 Å². The zero-order valence-electron chi connectivity index (χ0n) is 11.7. The number of unbranched alkanes of at least 4 members (excludes halogenated alkanes) is 1.